The topological polar surface area (TPSA) is 113 Å². The fourth-order valence-electron chi connectivity index (χ4n) is 3.19. The lowest BCUT2D eigenvalue weighted by Gasteiger charge is -2.15. The smallest absolute Gasteiger partial charge is 0.264 e. The molecular formula is C21H23N3O6S. The zero-order valence-corrected chi connectivity index (χ0v) is 18.2. The Morgan fingerprint density at radius 3 is 2.35 bits per heavy atom. The number of carbonyl (C=O) groups is 3. The molecule has 0 atom stereocenters. The third-order valence-corrected chi connectivity index (χ3v) is 6.64. The minimum absolute atomic E-state index is 0.0238. The Kier molecular flexibility index (Phi) is 6.54. The zero-order chi connectivity index (χ0) is 22.8. The van der Waals surface area contributed by atoms with Crippen molar-refractivity contribution in [3.8, 4) is 0 Å². The summed E-state index contributed by atoms with van der Waals surface area (Å²) >= 11 is 0. The van der Waals surface area contributed by atoms with E-state index in [0.29, 0.717) is 23.2 Å². The number of rotatable bonds is 8. The molecule has 0 spiro atoms. The number of nitrogens with zero attached hydrogens (tertiary/aromatic N) is 2. The molecule has 0 fully saturated rings. The van der Waals surface area contributed by atoms with E-state index >= 15 is 0 Å². The highest BCUT2D eigenvalue weighted by molar-refractivity contribution is 7.89. The van der Waals surface area contributed by atoms with Gasteiger partial charge in [0.15, 0.2) is 0 Å². The molecule has 9 nitrogen and oxygen atoms in total. The van der Waals surface area contributed by atoms with Crippen molar-refractivity contribution in [2.45, 2.75) is 24.7 Å². The van der Waals surface area contributed by atoms with Crippen molar-refractivity contribution >= 4 is 33.4 Å². The number of amides is 3. The lowest BCUT2D eigenvalue weighted by atomic mass is 10.1. The van der Waals surface area contributed by atoms with Crippen LogP contribution >= 0.6 is 0 Å². The molecule has 1 N–H and O–H groups in total. The van der Waals surface area contributed by atoms with Crippen LogP contribution in [0.5, 0.6) is 0 Å². The summed E-state index contributed by atoms with van der Waals surface area (Å²) in [5.41, 5.74) is 2.10. The van der Waals surface area contributed by atoms with Crippen LogP contribution in [0.3, 0.4) is 0 Å². The average Bonchev–Trinajstić information content (AvgIpc) is 2.97. The number of hydroxylamine groups is 1. The molecule has 1 heterocycles. The molecule has 2 aromatic carbocycles. The number of anilines is 1. The van der Waals surface area contributed by atoms with Gasteiger partial charge in [-0.3, -0.25) is 24.1 Å². The molecule has 2 aromatic rings. The number of aryl methyl sites for hydroxylation is 1. The van der Waals surface area contributed by atoms with Gasteiger partial charge in [0.2, 0.25) is 5.91 Å². The minimum atomic E-state index is -3.76. The number of imide groups is 1. The van der Waals surface area contributed by atoms with Gasteiger partial charge in [0.05, 0.1) is 23.1 Å². The van der Waals surface area contributed by atoms with E-state index in [1.165, 1.54) is 38.4 Å². The molecule has 1 aliphatic heterocycles. The molecular weight excluding hydrogens is 422 g/mol. The van der Waals surface area contributed by atoms with E-state index < -0.39 is 10.0 Å². The molecule has 0 aliphatic carbocycles. The molecule has 0 aromatic heterocycles. The number of carbonyl (C=O) groups excluding carboxylic acids is 3. The van der Waals surface area contributed by atoms with E-state index in [4.69, 9.17) is 4.84 Å². The average molecular weight is 445 g/mol. The highest BCUT2D eigenvalue weighted by Gasteiger charge is 2.35. The van der Waals surface area contributed by atoms with E-state index in [0.717, 1.165) is 14.9 Å². The van der Waals surface area contributed by atoms with Gasteiger partial charge in [0.25, 0.3) is 21.8 Å². The first-order chi connectivity index (χ1) is 14.6. The van der Waals surface area contributed by atoms with Crippen molar-refractivity contribution in [1.29, 1.82) is 0 Å². The van der Waals surface area contributed by atoms with Crippen LogP contribution in [0.15, 0.2) is 47.4 Å². The van der Waals surface area contributed by atoms with E-state index in [1.807, 2.05) is 6.92 Å². The fourth-order valence-corrected chi connectivity index (χ4v) is 4.16. The van der Waals surface area contributed by atoms with Crippen molar-refractivity contribution in [3.05, 3.63) is 59.2 Å². The Morgan fingerprint density at radius 1 is 1.06 bits per heavy atom. The molecule has 0 unspecified atom stereocenters. The summed E-state index contributed by atoms with van der Waals surface area (Å²) in [6.07, 6.45) is 0.403. The first kappa shape index (κ1) is 22.6. The lowest BCUT2D eigenvalue weighted by molar-refractivity contribution is -0.116. The Morgan fingerprint density at radius 2 is 1.71 bits per heavy atom. The molecule has 0 saturated heterocycles. The largest absolute Gasteiger partial charge is 0.326 e. The van der Waals surface area contributed by atoms with E-state index in [2.05, 4.69) is 5.32 Å². The standard InChI is InChI=1S/C21H23N3O6S/c1-14-6-11-17-18(13-14)21(27)24(20(17)26)12-4-5-19(25)22-15-7-9-16(10-8-15)31(28,29)23(2)30-3/h6-11,13H,4-5,12H2,1-3H3,(H,22,25). The second-order valence-corrected chi connectivity index (χ2v) is 9.02. The van der Waals surface area contributed by atoms with Gasteiger partial charge in [-0.05, 0) is 49.7 Å². The summed E-state index contributed by atoms with van der Waals surface area (Å²) in [7, 11) is -1.24. The predicted molar refractivity (Wildman–Crippen MR) is 113 cm³/mol. The maximum atomic E-state index is 12.5. The first-order valence-corrected chi connectivity index (χ1v) is 11.0. The van der Waals surface area contributed by atoms with Gasteiger partial charge in [-0.25, -0.2) is 8.42 Å². The summed E-state index contributed by atoms with van der Waals surface area (Å²) in [6, 6.07) is 10.8. The lowest BCUT2D eigenvalue weighted by Crippen LogP contribution is -2.31. The molecule has 164 valence electrons. The van der Waals surface area contributed by atoms with Crippen LogP contribution in [0, 0.1) is 6.92 Å². The highest BCUT2D eigenvalue weighted by Crippen LogP contribution is 2.24. The normalized spacial score (nSPS) is 13.6. The first-order valence-electron chi connectivity index (χ1n) is 9.55. The predicted octanol–water partition coefficient (Wildman–Crippen LogP) is 2.19. The Labute approximate surface area is 180 Å². The van der Waals surface area contributed by atoms with Gasteiger partial charge < -0.3 is 5.32 Å². The third kappa shape index (κ3) is 4.66. The van der Waals surface area contributed by atoms with Gasteiger partial charge in [0, 0.05) is 25.7 Å². The summed E-state index contributed by atoms with van der Waals surface area (Å²) in [5, 5.41) is 2.67. The number of hydrogen-bond acceptors (Lipinski definition) is 6. The Hall–Kier alpha value is -3.08. The number of nitrogens with one attached hydrogen (secondary N) is 1. The van der Waals surface area contributed by atoms with Gasteiger partial charge in [-0.2, -0.15) is 0 Å². The molecule has 1 aliphatic rings. The maximum Gasteiger partial charge on any atom is 0.264 e. The second-order valence-electron chi connectivity index (χ2n) is 7.08. The Balaban J connectivity index is 1.53. The zero-order valence-electron chi connectivity index (χ0n) is 17.4. The third-order valence-electron chi connectivity index (χ3n) is 4.94. The highest BCUT2D eigenvalue weighted by atomic mass is 32.2. The quantitative estimate of drug-likeness (QED) is 0.492. The number of hydrogen-bond donors (Lipinski definition) is 1. The van der Waals surface area contributed by atoms with Crippen LogP contribution in [0.25, 0.3) is 0 Å². The summed E-state index contributed by atoms with van der Waals surface area (Å²) in [6.45, 7) is 1.99. The van der Waals surface area contributed by atoms with E-state index in [9.17, 15) is 22.8 Å². The van der Waals surface area contributed by atoms with Crippen molar-refractivity contribution in [3.63, 3.8) is 0 Å². The van der Waals surface area contributed by atoms with Crippen molar-refractivity contribution in [2.75, 3.05) is 26.0 Å². The number of sulfonamides is 1. The van der Waals surface area contributed by atoms with Gasteiger partial charge in [-0.15, -0.1) is 0 Å². The Bertz CT molecular complexity index is 1130. The minimum Gasteiger partial charge on any atom is -0.326 e. The van der Waals surface area contributed by atoms with Crippen molar-refractivity contribution in [2.24, 2.45) is 0 Å². The van der Waals surface area contributed by atoms with Gasteiger partial charge in [0.1, 0.15) is 0 Å². The SMILES string of the molecule is CON(C)S(=O)(=O)c1ccc(NC(=O)CCCN2C(=O)c3ccc(C)cc3C2=O)cc1. The molecule has 0 saturated carbocycles. The molecule has 0 bridgehead atoms. The number of fused-ring (bicyclic) bond motifs is 1. The van der Waals surface area contributed by atoms with Crippen LogP contribution in [0.2, 0.25) is 0 Å². The number of benzene rings is 2. The van der Waals surface area contributed by atoms with Crippen LogP contribution in [-0.4, -0.2) is 56.2 Å². The molecule has 0 radical (unpaired) electrons. The van der Waals surface area contributed by atoms with E-state index in [1.54, 1.807) is 18.2 Å². The monoisotopic (exact) mass is 445 g/mol. The molecule has 31 heavy (non-hydrogen) atoms. The molecule has 3 amide bonds. The van der Waals surface area contributed by atoms with Gasteiger partial charge in [-0.1, -0.05) is 16.1 Å². The van der Waals surface area contributed by atoms with Crippen LogP contribution in [-0.2, 0) is 19.7 Å². The van der Waals surface area contributed by atoms with Crippen molar-refractivity contribution < 1.29 is 27.6 Å². The van der Waals surface area contributed by atoms with Gasteiger partial charge >= 0.3 is 0 Å². The maximum absolute atomic E-state index is 12.5. The summed E-state index contributed by atoms with van der Waals surface area (Å²) in [5.74, 6) is -1.00. The van der Waals surface area contributed by atoms with Crippen LogP contribution in [0.1, 0.15) is 39.1 Å². The second kappa shape index (κ2) is 8.96. The fraction of sp³-hybridized carbons (Fsp3) is 0.286. The summed E-state index contributed by atoms with van der Waals surface area (Å²) in [4.78, 5) is 43.0. The molecule has 3 rings (SSSR count). The van der Waals surface area contributed by atoms with Crippen LogP contribution < -0.4 is 5.32 Å². The van der Waals surface area contributed by atoms with E-state index in [-0.39, 0.29) is 35.6 Å². The van der Waals surface area contributed by atoms with Crippen LogP contribution in [0.4, 0.5) is 5.69 Å². The van der Waals surface area contributed by atoms with Crippen molar-refractivity contribution in [1.82, 2.24) is 9.37 Å². The summed E-state index contributed by atoms with van der Waals surface area (Å²) < 4.78 is 25.1. The molecule has 10 heteroatoms.